The zero-order chi connectivity index (χ0) is 24.4. The van der Waals surface area contributed by atoms with Crippen molar-refractivity contribution in [3.8, 4) is 23.0 Å². The second kappa shape index (κ2) is 9.42. The Balaban J connectivity index is 1.37. The van der Waals surface area contributed by atoms with Crippen LogP contribution in [0.4, 0.5) is 5.69 Å². The summed E-state index contributed by atoms with van der Waals surface area (Å²) in [5, 5.41) is 2.90. The number of benzene rings is 3. The number of likely N-dealkylation sites (N-methyl/N-ethyl adjacent to an activating group) is 1. The van der Waals surface area contributed by atoms with Crippen molar-refractivity contribution < 1.29 is 28.5 Å². The topological polar surface area (TPSA) is 86.3 Å². The van der Waals surface area contributed by atoms with Crippen LogP contribution < -0.4 is 24.3 Å². The molecule has 0 saturated carbocycles. The fourth-order valence-corrected chi connectivity index (χ4v) is 3.91. The molecule has 2 amide bonds. The normalized spacial score (nSPS) is 14.1. The van der Waals surface area contributed by atoms with Gasteiger partial charge in [-0.25, -0.2) is 0 Å². The average molecular weight is 472 g/mol. The third-order valence-corrected chi connectivity index (χ3v) is 5.83. The average Bonchev–Trinajstić information content (AvgIpc) is 3.52. The highest BCUT2D eigenvalue weighted by molar-refractivity contribution is 6.00. The molecular formula is C27H24N2O6. The SMILES string of the molecule is Cc1ccc(C(C(=O)Nc2ccc3c(c2)OCO3)N(C)C(=O)/C=C/c2ccc3c(c2)OCO3)cc1. The minimum atomic E-state index is -0.852. The van der Waals surface area contributed by atoms with Gasteiger partial charge >= 0.3 is 0 Å². The largest absolute Gasteiger partial charge is 0.454 e. The molecule has 0 radical (unpaired) electrons. The predicted octanol–water partition coefficient (Wildman–Crippen LogP) is 4.30. The minimum Gasteiger partial charge on any atom is -0.454 e. The van der Waals surface area contributed by atoms with Crippen LogP contribution in [0.2, 0.25) is 0 Å². The highest BCUT2D eigenvalue weighted by atomic mass is 16.7. The molecule has 3 aromatic rings. The first kappa shape index (κ1) is 22.3. The van der Waals surface area contributed by atoms with Gasteiger partial charge in [0, 0.05) is 24.9 Å². The van der Waals surface area contributed by atoms with E-state index < -0.39 is 6.04 Å². The zero-order valence-corrected chi connectivity index (χ0v) is 19.3. The lowest BCUT2D eigenvalue weighted by molar-refractivity contribution is -0.133. The summed E-state index contributed by atoms with van der Waals surface area (Å²) in [5.74, 6) is 1.82. The number of hydrogen-bond donors (Lipinski definition) is 1. The van der Waals surface area contributed by atoms with Crippen molar-refractivity contribution in [3.63, 3.8) is 0 Å². The number of fused-ring (bicyclic) bond motifs is 2. The van der Waals surface area contributed by atoms with Gasteiger partial charge in [-0.3, -0.25) is 9.59 Å². The van der Waals surface area contributed by atoms with E-state index in [1.54, 1.807) is 43.5 Å². The molecule has 2 aliphatic rings. The van der Waals surface area contributed by atoms with Crippen LogP contribution in [0.3, 0.4) is 0 Å². The van der Waals surface area contributed by atoms with Crippen LogP contribution in [-0.2, 0) is 9.59 Å². The maximum atomic E-state index is 13.4. The smallest absolute Gasteiger partial charge is 0.251 e. The summed E-state index contributed by atoms with van der Waals surface area (Å²) in [6.45, 7) is 2.29. The molecule has 8 heteroatoms. The molecule has 0 fully saturated rings. The Morgan fingerprint density at radius 1 is 0.857 bits per heavy atom. The number of rotatable bonds is 6. The van der Waals surface area contributed by atoms with Crippen LogP contribution in [0, 0.1) is 6.92 Å². The lowest BCUT2D eigenvalue weighted by atomic mass is 10.0. The lowest BCUT2D eigenvalue weighted by Crippen LogP contribution is -2.37. The molecule has 178 valence electrons. The molecule has 1 unspecified atom stereocenters. The van der Waals surface area contributed by atoms with Crippen molar-refractivity contribution >= 4 is 23.6 Å². The van der Waals surface area contributed by atoms with Gasteiger partial charge in [-0.15, -0.1) is 0 Å². The molecule has 5 rings (SSSR count). The van der Waals surface area contributed by atoms with E-state index in [1.165, 1.54) is 11.0 Å². The molecule has 1 atom stereocenters. The molecule has 0 aromatic heterocycles. The highest BCUT2D eigenvalue weighted by Crippen LogP contribution is 2.35. The van der Waals surface area contributed by atoms with Crippen LogP contribution in [0.5, 0.6) is 23.0 Å². The predicted molar refractivity (Wildman–Crippen MR) is 129 cm³/mol. The standard InChI is InChI=1S/C27H24N2O6/c1-17-3-7-19(8-4-17)26(27(31)28-20-9-11-22-24(14-20)35-16-33-22)29(2)25(30)12-6-18-5-10-21-23(13-18)34-15-32-21/h3-14,26H,15-16H2,1-2H3,(H,28,31)/b12-6+. The fourth-order valence-electron chi connectivity index (χ4n) is 3.91. The number of carbonyl (C=O) groups excluding carboxylic acids is 2. The number of anilines is 1. The summed E-state index contributed by atoms with van der Waals surface area (Å²) in [6.07, 6.45) is 3.12. The van der Waals surface area contributed by atoms with E-state index in [0.29, 0.717) is 34.2 Å². The lowest BCUT2D eigenvalue weighted by Gasteiger charge is -2.27. The van der Waals surface area contributed by atoms with Gasteiger partial charge in [0.05, 0.1) is 0 Å². The number of nitrogens with one attached hydrogen (secondary N) is 1. The molecular weight excluding hydrogens is 448 g/mol. The van der Waals surface area contributed by atoms with Crippen molar-refractivity contribution in [2.75, 3.05) is 26.0 Å². The third kappa shape index (κ3) is 4.77. The highest BCUT2D eigenvalue weighted by Gasteiger charge is 2.28. The van der Waals surface area contributed by atoms with E-state index in [1.807, 2.05) is 37.3 Å². The molecule has 0 bridgehead atoms. The van der Waals surface area contributed by atoms with Crippen LogP contribution >= 0.6 is 0 Å². The van der Waals surface area contributed by atoms with E-state index in [4.69, 9.17) is 18.9 Å². The maximum Gasteiger partial charge on any atom is 0.251 e. The van der Waals surface area contributed by atoms with Gasteiger partial charge in [0.15, 0.2) is 23.0 Å². The molecule has 35 heavy (non-hydrogen) atoms. The van der Waals surface area contributed by atoms with Gasteiger partial charge in [-0.05, 0) is 48.4 Å². The third-order valence-electron chi connectivity index (χ3n) is 5.83. The van der Waals surface area contributed by atoms with E-state index in [0.717, 1.165) is 11.1 Å². The summed E-state index contributed by atoms with van der Waals surface area (Å²) in [7, 11) is 1.61. The van der Waals surface area contributed by atoms with Crippen LogP contribution in [0.25, 0.3) is 6.08 Å². The molecule has 2 aliphatic heterocycles. The Kier molecular flexibility index (Phi) is 6.01. The summed E-state index contributed by atoms with van der Waals surface area (Å²) in [5.41, 5.74) is 3.09. The Bertz CT molecular complexity index is 1300. The first-order valence-electron chi connectivity index (χ1n) is 11.1. The van der Waals surface area contributed by atoms with Gasteiger partial charge in [0.2, 0.25) is 19.5 Å². The molecule has 1 N–H and O–H groups in total. The Labute approximate surface area is 202 Å². The number of amides is 2. The summed E-state index contributed by atoms with van der Waals surface area (Å²) < 4.78 is 21.5. The molecule has 8 nitrogen and oxygen atoms in total. The quantitative estimate of drug-likeness (QED) is 0.539. The van der Waals surface area contributed by atoms with E-state index in [-0.39, 0.29) is 25.4 Å². The van der Waals surface area contributed by atoms with Crippen molar-refractivity contribution in [2.24, 2.45) is 0 Å². The minimum absolute atomic E-state index is 0.145. The van der Waals surface area contributed by atoms with E-state index in [9.17, 15) is 9.59 Å². The van der Waals surface area contributed by atoms with E-state index >= 15 is 0 Å². The van der Waals surface area contributed by atoms with Crippen molar-refractivity contribution in [1.82, 2.24) is 4.90 Å². The second-order valence-electron chi connectivity index (χ2n) is 8.27. The maximum absolute atomic E-state index is 13.4. The van der Waals surface area contributed by atoms with Gasteiger partial charge in [0.1, 0.15) is 6.04 Å². The van der Waals surface area contributed by atoms with Crippen molar-refractivity contribution in [1.29, 1.82) is 0 Å². The zero-order valence-electron chi connectivity index (χ0n) is 19.3. The Morgan fingerprint density at radius 2 is 1.49 bits per heavy atom. The van der Waals surface area contributed by atoms with Crippen LogP contribution in [-0.4, -0.2) is 37.3 Å². The molecule has 3 aromatic carbocycles. The van der Waals surface area contributed by atoms with E-state index in [2.05, 4.69) is 5.32 Å². The monoisotopic (exact) mass is 472 g/mol. The van der Waals surface area contributed by atoms with Gasteiger partial charge in [-0.2, -0.15) is 0 Å². The summed E-state index contributed by atoms with van der Waals surface area (Å²) >= 11 is 0. The second-order valence-corrected chi connectivity index (χ2v) is 8.27. The van der Waals surface area contributed by atoms with Crippen LogP contribution in [0.1, 0.15) is 22.7 Å². The molecule has 0 aliphatic carbocycles. The van der Waals surface area contributed by atoms with Gasteiger partial charge in [-0.1, -0.05) is 35.9 Å². The number of hydrogen-bond acceptors (Lipinski definition) is 6. The van der Waals surface area contributed by atoms with Gasteiger partial charge in [0.25, 0.3) is 5.91 Å². The fraction of sp³-hybridized carbons (Fsp3) is 0.185. The molecule has 2 heterocycles. The molecule has 0 saturated heterocycles. The van der Waals surface area contributed by atoms with Crippen molar-refractivity contribution in [2.45, 2.75) is 13.0 Å². The summed E-state index contributed by atoms with van der Waals surface area (Å²) in [4.78, 5) is 27.9. The number of nitrogens with zero attached hydrogens (tertiary/aromatic N) is 1. The first-order chi connectivity index (χ1) is 17.0. The molecule has 0 spiro atoms. The number of ether oxygens (including phenoxy) is 4. The number of carbonyl (C=O) groups is 2. The van der Waals surface area contributed by atoms with Gasteiger partial charge < -0.3 is 29.2 Å². The Morgan fingerprint density at radius 3 is 2.20 bits per heavy atom. The van der Waals surface area contributed by atoms with Crippen LogP contribution in [0.15, 0.2) is 66.7 Å². The Hall–Kier alpha value is -4.46. The first-order valence-corrected chi connectivity index (χ1v) is 11.1. The number of aryl methyl sites for hydroxylation is 1. The summed E-state index contributed by atoms with van der Waals surface area (Å²) in [6, 6.07) is 17.3. The van der Waals surface area contributed by atoms with Crippen molar-refractivity contribution in [3.05, 3.63) is 83.4 Å².